The lowest BCUT2D eigenvalue weighted by molar-refractivity contribution is -0.145. The van der Waals surface area contributed by atoms with Crippen LogP contribution in [0.15, 0.2) is 88.1 Å². The summed E-state index contributed by atoms with van der Waals surface area (Å²) in [4.78, 5) is 37.5. The Hall–Kier alpha value is -3.90. The molecule has 7 heteroatoms. The summed E-state index contributed by atoms with van der Waals surface area (Å²) in [7, 11) is 0. The Morgan fingerprint density at radius 2 is 1.74 bits per heavy atom. The number of aryl methyl sites for hydroxylation is 1. The molecule has 1 heterocycles. The molecule has 0 bridgehead atoms. The Morgan fingerprint density at radius 3 is 2.50 bits per heavy atom. The van der Waals surface area contributed by atoms with Crippen LogP contribution in [-0.2, 0) is 16.1 Å². The maximum atomic E-state index is 12.8. The Balaban J connectivity index is 1.50. The molecule has 0 spiro atoms. The van der Waals surface area contributed by atoms with Crippen molar-refractivity contribution in [1.29, 1.82) is 0 Å². The number of halogens is 1. The number of rotatable bonds is 7. The topological polar surface area (TPSA) is 85.6 Å². The molecule has 4 rings (SSSR count). The van der Waals surface area contributed by atoms with E-state index in [0.717, 1.165) is 11.1 Å². The standard InChI is InChI=1S/C27H22ClNO5/c1-17-11-12-20-19(14-26(31)34-24(20)13-17)16-33-25(30)15-23(18-7-3-2-4-8-18)29-27(32)21-9-5-6-10-22(21)28/h2-14,23H,15-16H2,1H3,(H,29,32). The van der Waals surface area contributed by atoms with E-state index in [1.807, 2.05) is 49.4 Å². The molecule has 0 aliphatic heterocycles. The number of fused-ring (bicyclic) bond motifs is 1. The maximum Gasteiger partial charge on any atom is 0.336 e. The van der Waals surface area contributed by atoms with Gasteiger partial charge in [-0.1, -0.05) is 66.2 Å². The zero-order chi connectivity index (χ0) is 24.1. The number of benzene rings is 3. The lowest BCUT2D eigenvalue weighted by atomic mass is 10.0. The van der Waals surface area contributed by atoms with Crippen LogP contribution in [0.3, 0.4) is 0 Å². The number of ether oxygens (including phenoxy) is 1. The zero-order valence-corrected chi connectivity index (χ0v) is 19.2. The van der Waals surface area contributed by atoms with Crippen LogP contribution in [0.1, 0.15) is 39.5 Å². The van der Waals surface area contributed by atoms with Gasteiger partial charge in [0.1, 0.15) is 12.2 Å². The van der Waals surface area contributed by atoms with E-state index in [4.69, 9.17) is 20.8 Å². The van der Waals surface area contributed by atoms with Crippen molar-refractivity contribution >= 4 is 34.4 Å². The SMILES string of the molecule is Cc1ccc2c(COC(=O)CC(NC(=O)c3ccccc3Cl)c3ccccc3)cc(=O)oc2c1. The van der Waals surface area contributed by atoms with Crippen molar-refractivity contribution in [3.05, 3.63) is 117 Å². The highest BCUT2D eigenvalue weighted by atomic mass is 35.5. The quantitative estimate of drug-likeness (QED) is 0.287. The average Bonchev–Trinajstić information content (AvgIpc) is 2.82. The Kier molecular flexibility index (Phi) is 7.09. The van der Waals surface area contributed by atoms with Gasteiger partial charge in [-0.25, -0.2) is 4.79 Å². The van der Waals surface area contributed by atoms with Crippen LogP contribution in [0, 0.1) is 6.92 Å². The molecule has 0 radical (unpaired) electrons. The highest BCUT2D eigenvalue weighted by molar-refractivity contribution is 6.33. The molecule has 0 aliphatic carbocycles. The minimum Gasteiger partial charge on any atom is -0.461 e. The Morgan fingerprint density at radius 1 is 1.00 bits per heavy atom. The lowest BCUT2D eigenvalue weighted by Crippen LogP contribution is -2.30. The normalized spacial score (nSPS) is 11.7. The molecule has 0 aliphatic rings. The Bertz CT molecular complexity index is 1400. The third kappa shape index (κ3) is 5.53. The van der Waals surface area contributed by atoms with Crippen LogP contribution >= 0.6 is 11.6 Å². The van der Waals surface area contributed by atoms with Gasteiger partial charge in [0, 0.05) is 17.0 Å². The molecular weight excluding hydrogens is 454 g/mol. The number of hydrogen-bond donors (Lipinski definition) is 1. The summed E-state index contributed by atoms with van der Waals surface area (Å²) in [5.41, 5.74) is 2.49. The summed E-state index contributed by atoms with van der Waals surface area (Å²) in [6, 6.07) is 22.0. The Labute approximate surface area is 201 Å². The number of nitrogens with one attached hydrogen (secondary N) is 1. The number of carbonyl (C=O) groups excluding carboxylic acids is 2. The van der Waals surface area contributed by atoms with Crippen LogP contribution in [0.5, 0.6) is 0 Å². The van der Waals surface area contributed by atoms with Crippen LogP contribution in [0.2, 0.25) is 5.02 Å². The first kappa shape index (κ1) is 23.3. The third-order valence-electron chi connectivity index (χ3n) is 5.37. The summed E-state index contributed by atoms with van der Waals surface area (Å²) in [5, 5.41) is 3.89. The fourth-order valence-electron chi connectivity index (χ4n) is 3.66. The minimum atomic E-state index is -0.627. The van der Waals surface area contributed by atoms with Gasteiger partial charge in [-0.15, -0.1) is 0 Å². The van der Waals surface area contributed by atoms with Crippen LogP contribution in [0.4, 0.5) is 0 Å². The van der Waals surface area contributed by atoms with E-state index in [1.165, 1.54) is 6.07 Å². The number of esters is 1. The van der Waals surface area contributed by atoms with Gasteiger partial charge in [0.15, 0.2) is 0 Å². The maximum absolute atomic E-state index is 12.8. The number of amides is 1. The van der Waals surface area contributed by atoms with Gasteiger partial charge in [0.05, 0.1) is 23.0 Å². The summed E-state index contributed by atoms with van der Waals surface area (Å²) in [5.74, 6) is -0.920. The summed E-state index contributed by atoms with van der Waals surface area (Å²) in [6.07, 6.45) is -0.0985. The second kappa shape index (κ2) is 10.4. The molecule has 1 aromatic heterocycles. The van der Waals surface area contributed by atoms with Crippen molar-refractivity contribution in [3.8, 4) is 0 Å². The molecule has 6 nitrogen and oxygen atoms in total. The molecule has 4 aromatic rings. The van der Waals surface area contributed by atoms with Gasteiger partial charge in [-0.3, -0.25) is 9.59 Å². The first-order chi connectivity index (χ1) is 16.4. The van der Waals surface area contributed by atoms with E-state index in [9.17, 15) is 14.4 Å². The molecule has 1 atom stereocenters. The van der Waals surface area contributed by atoms with Crippen molar-refractivity contribution < 1.29 is 18.7 Å². The van der Waals surface area contributed by atoms with Crippen molar-refractivity contribution in [2.24, 2.45) is 0 Å². The van der Waals surface area contributed by atoms with Gasteiger partial charge < -0.3 is 14.5 Å². The number of carbonyl (C=O) groups is 2. The molecule has 3 aromatic carbocycles. The van der Waals surface area contributed by atoms with Crippen molar-refractivity contribution in [1.82, 2.24) is 5.32 Å². The molecule has 0 fully saturated rings. The largest absolute Gasteiger partial charge is 0.461 e. The number of hydrogen-bond acceptors (Lipinski definition) is 5. The predicted octanol–water partition coefficient (Wildman–Crippen LogP) is 5.36. The predicted molar refractivity (Wildman–Crippen MR) is 130 cm³/mol. The molecule has 172 valence electrons. The smallest absolute Gasteiger partial charge is 0.336 e. The van der Waals surface area contributed by atoms with Gasteiger partial charge in [-0.2, -0.15) is 0 Å². The van der Waals surface area contributed by atoms with Crippen LogP contribution in [0.25, 0.3) is 11.0 Å². The van der Waals surface area contributed by atoms with Crippen LogP contribution in [-0.4, -0.2) is 11.9 Å². The minimum absolute atomic E-state index is 0.0933. The second-order valence-corrected chi connectivity index (χ2v) is 8.28. The summed E-state index contributed by atoms with van der Waals surface area (Å²) in [6.45, 7) is 1.80. The second-order valence-electron chi connectivity index (χ2n) is 7.87. The van der Waals surface area contributed by atoms with E-state index < -0.39 is 23.5 Å². The summed E-state index contributed by atoms with van der Waals surface area (Å²) >= 11 is 6.16. The average molecular weight is 476 g/mol. The molecule has 0 saturated carbocycles. The zero-order valence-electron chi connectivity index (χ0n) is 18.4. The highest BCUT2D eigenvalue weighted by Gasteiger charge is 2.21. The van der Waals surface area contributed by atoms with E-state index in [-0.39, 0.29) is 13.0 Å². The molecule has 34 heavy (non-hydrogen) atoms. The van der Waals surface area contributed by atoms with Gasteiger partial charge in [0.2, 0.25) is 0 Å². The van der Waals surface area contributed by atoms with Crippen molar-refractivity contribution in [3.63, 3.8) is 0 Å². The molecular formula is C27H22ClNO5. The summed E-state index contributed by atoms with van der Waals surface area (Å²) < 4.78 is 10.7. The van der Waals surface area contributed by atoms with E-state index in [1.54, 1.807) is 30.3 Å². The molecule has 1 unspecified atom stereocenters. The fraction of sp³-hybridized carbons (Fsp3) is 0.148. The van der Waals surface area contributed by atoms with Gasteiger partial charge in [0.25, 0.3) is 5.91 Å². The monoisotopic (exact) mass is 475 g/mol. The van der Waals surface area contributed by atoms with Gasteiger partial charge >= 0.3 is 11.6 Å². The first-order valence-electron chi connectivity index (χ1n) is 10.7. The van der Waals surface area contributed by atoms with Crippen molar-refractivity contribution in [2.45, 2.75) is 26.0 Å². The lowest BCUT2D eigenvalue weighted by Gasteiger charge is -2.19. The fourth-order valence-corrected chi connectivity index (χ4v) is 3.88. The van der Waals surface area contributed by atoms with E-state index in [2.05, 4.69) is 5.32 Å². The van der Waals surface area contributed by atoms with E-state index >= 15 is 0 Å². The van der Waals surface area contributed by atoms with Crippen molar-refractivity contribution in [2.75, 3.05) is 0 Å². The molecule has 0 saturated heterocycles. The van der Waals surface area contributed by atoms with Crippen LogP contribution < -0.4 is 10.9 Å². The first-order valence-corrected chi connectivity index (χ1v) is 11.1. The van der Waals surface area contributed by atoms with Gasteiger partial charge in [-0.05, 0) is 36.2 Å². The molecule has 1 N–H and O–H groups in total. The van der Waals surface area contributed by atoms with E-state index in [0.29, 0.717) is 27.1 Å². The molecule has 1 amide bonds. The highest BCUT2D eigenvalue weighted by Crippen LogP contribution is 2.22. The third-order valence-corrected chi connectivity index (χ3v) is 5.70.